The van der Waals surface area contributed by atoms with E-state index in [1.807, 2.05) is 7.05 Å². The zero-order valence-corrected chi connectivity index (χ0v) is 12.0. The molecule has 0 aliphatic rings. The molecule has 18 heavy (non-hydrogen) atoms. The number of aryl methyl sites for hydroxylation is 2. The summed E-state index contributed by atoms with van der Waals surface area (Å²) in [5, 5.41) is 5.26. The number of rotatable bonds is 5. The van der Waals surface area contributed by atoms with E-state index in [0.717, 1.165) is 36.6 Å². The molecule has 2 aromatic heterocycles. The maximum Gasteiger partial charge on any atom is 0.134 e. The van der Waals surface area contributed by atoms with Gasteiger partial charge in [0.15, 0.2) is 0 Å². The second-order valence-electron chi connectivity index (χ2n) is 4.40. The van der Waals surface area contributed by atoms with Gasteiger partial charge in [-0.25, -0.2) is 9.97 Å². The Labute approximate surface area is 112 Å². The highest BCUT2D eigenvalue weighted by molar-refractivity contribution is 7.09. The van der Waals surface area contributed by atoms with Gasteiger partial charge in [-0.15, -0.1) is 11.3 Å². The van der Waals surface area contributed by atoms with Crippen molar-refractivity contribution in [2.45, 2.75) is 26.7 Å². The molecule has 1 N–H and O–H groups in total. The van der Waals surface area contributed by atoms with Crippen LogP contribution in [0.2, 0.25) is 0 Å². The van der Waals surface area contributed by atoms with Gasteiger partial charge in [0, 0.05) is 22.7 Å². The third kappa shape index (κ3) is 3.15. The van der Waals surface area contributed by atoms with Gasteiger partial charge in [-0.2, -0.15) is 0 Å². The van der Waals surface area contributed by atoms with Crippen molar-refractivity contribution in [2.24, 2.45) is 0 Å². The molecule has 0 amide bonds. The highest BCUT2D eigenvalue weighted by Gasteiger charge is 2.08. The number of nitrogens with zero attached hydrogens (tertiary/aromatic N) is 2. The number of hydrogen-bond acceptors (Lipinski definition) is 4. The minimum Gasteiger partial charge on any atom is -0.319 e. The Morgan fingerprint density at radius 2 is 1.94 bits per heavy atom. The Hall–Kier alpha value is -1.26. The lowest BCUT2D eigenvalue weighted by Crippen LogP contribution is -2.14. The number of likely N-dealkylation sites (N-methyl/N-ethyl adjacent to an activating group) is 1. The average molecular weight is 261 g/mol. The van der Waals surface area contributed by atoms with Gasteiger partial charge in [0.1, 0.15) is 5.82 Å². The van der Waals surface area contributed by atoms with Crippen LogP contribution in [0.3, 0.4) is 0 Å². The van der Waals surface area contributed by atoms with E-state index in [0.29, 0.717) is 0 Å². The first-order chi connectivity index (χ1) is 8.70. The molecule has 2 rings (SSSR count). The second kappa shape index (κ2) is 6.07. The predicted molar refractivity (Wildman–Crippen MR) is 76.3 cm³/mol. The van der Waals surface area contributed by atoms with E-state index in [-0.39, 0.29) is 0 Å². The monoisotopic (exact) mass is 261 g/mol. The molecule has 0 unspecified atom stereocenters. The Kier molecular flexibility index (Phi) is 4.44. The highest BCUT2D eigenvalue weighted by Crippen LogP contribution is 2.15. The molecule has 0 saturated carbocycles. The van der Waals surface area contributed by atoms with Crippen molar-refractivity contribution in [3.63, 3.8) is 0 Å². The van der Waals surface area contributed by atoms with Crippen LogP contribution in [-0.2, 0) is 12.8 Å². The van der Waals surface area contributed by atoms with Gasteiger partial charge in [-0.05, 0) is 50.9 Å². The molecule has 2 heterocycles. The summed E-state index contributed by atoms with van der Waals surface area (Å²) in [6, 6.07) is 4.20. The third-order valence-corrected chi connectivity index (χ3v) is 3.88. The maximum absolute atomic E-state index is 4.63. The predicted octanol–water partition coefficient (Wildman–Crippen LogP) is 2.51. The van der Waals surface area contributed by atoms with E-state index in [4.69, 9.17) is 0 Å². The van der Waals surface area contributed by atoms with Crippen LogP contribution in [-0.4, -0.2) is 23.6 Å². The van der Waals surface area contributed by atoms with Crippen molar-refractivity contribution in [3.8, 4) is 0 Å². The number of aromatic nitrogens is 2. The van der Waals surface area contributed by atoms with Crippen molar-refractivity contribution in [1.29, 1.82) is 0 Å². The van der Waals surface area contributed by atoms with Crippen LogP contribution in [0.25, 0.3) is 0 Å². The van der Waals surface area contributed by atoms with E-state index >= 15 is 0 Å². The average Bonchev–Trinajstić information content (AvgIpc) is 2.81. The lowest BCUT2D eigenvalue weighted by atomic mass is 10.1. The van der Waals surface area contributed by atoms with Crippen LogP contribution in [0, 0.1) is 13.8 Å². The molecule has 0 spiro atoms. The summed E-state index contributed by atoms with van der Waals surface area (Å²) in [6.45, 7) is 5.13. The first-order valence-corrected chi connectivity index (χ1v) is 7.08. The third-order valence-electron chi connectivity index (χ3n) is 3.00. The molecular formula is C14H19N3S. The minimum atomic E-state index is 0.839. The molecule has 96 valence electrons. The lowest BCUT2D eigenvalue weighted by molar-refractivity contribution is 0.766. The summed E-state index contributed by atoms with van der Waals surface area (Å²) < 4.78 is 0. The fourth-order valence-corrected chi connectivity index (χ4v) is 2.77. The zero-order chi connectivity index (χ0) is 13.0. The Morgan fingerprint density at radius 3 is 2.50 bits per heavy atom. The van der Waals surface area contributed by atoms with Gasteiger partial charge in [-0.1, -0.05) is 6.07 Å². The van der Waals surface area contributed by atoms with Crippen LogP contribution < -0.4 is 5.32 Å². The fraction of sp³-hybridized carbons (Fsp3) is 0.429. The molecule has 4 heteroatoms. The summed E-state index contributed by atoms with van der Waals surface area (Å²) in [4.78, 5) is 10.6. The lowest BCUT2D eigenvalue weighted by Gasteiger charge is -2.10. The van der Waals surface area contributed by atoms with E-state index in [9.17, 15) is 0 Å². The van der Waals surface area contributed by atoms with E-state index < -0.39 is 0 Å². The van der Waals surface area contributed by atoms with Crippen LogP contribution in [0.15, 0.2) is 17.5 Å². The topological polar surface area (TPSA) is 37.8 Å². The normalized spacial score (nSPS) is 10.8. The standard InChI is InChI=1S/C14H19N3S/c1-10-13(6-7-15-3)11(2)17-14(16-10)9-12-5-4-8-18-12/h4-5,8,15H,6-7,9H2,1-3H3. The van der Waals surface area contributed by atoms with Crippen LogP contribution in [0.5, 0.6) is 0 Å². The summed E-state index contributed by atoms with van der Waals surface area (Å²) in [6.07, 6.45) is 1.83. The molecular weight excluding hydrogens is 242 g/mol. The molecule has 0 atom stereocenters. The molecule has 0 fully saturated rings. The summed E-state index contributed by atoms with van der Waals surface area (Å²) >= 11 is 1.76. The second-order valence-corrected chi connectivity index (χ2v) is 5.43. The van der Waals surface area contributed by atoms with Gasteiger partial charge in [0.2, 0.25) is 0 Å². The van der Waals surface area contributed by atoms with Crippen LogP contribution in [0.4, 0.5) is 0 Å². The van der Waals surface area contributed by atoms with Gasteiger partial charge >= 0.3 is 0 Å². The van der Waals surface area contributed by atoms with Gasteiger partial charge in [0.05, 0.1) is 0 Å². The Balaban J connectivity index is 2.19. The number of thiophene rings is 1. The molecule has 2 aromatic rings. The zero-order valence-electron chi connectivity index (χ0n) is 11.2. The first-order valence-electron chi connectivity index (χ1n) is 6.20. The summed E-state index contributed by atoms with van der Waals surface area (Å²) in [5.74, 6) is 0.931. The molecule has 3 nitrogen and oxygen atoms in total. The molecule has 0 radical (unpaired) electrons. The maximum atomic E-state index is 4.63. The van der Waals surface area contributed by atoms with Gasteiger partial charge in [0.25, 0.3) is 0 Å². The van der Waals surface area contributed by atoms with Crippen molar-refractivity contribution >= 4 is 11.3 Å². The number of nitrogens with one attached hydrogen (secondary N) is 1. The van der Waals surface area contributed by atoms with Crippen LogP contribution >= 0.6 is 11.3 Å². The van der Waals surface area contributed by atoms with Crippen molar-refractivity contribution in [2.75, 3.05) is 13.6 Å². The highest BCUT2D eigenvalue weighted by atomic mass is 32.1. The van der Waals surface area contributed by atoms with Crippen molar-refractivity contribution in [1.82, 2.24) is 15.3 Å². The molecule has 0 saturated heterocycles. The number of hydrogen-bond donors (Lipinski definition) is 1. The van der Waals surface area contributed by atoms with Crippen LogP contribution in [0.1, 0.15) is 27.7 Å². The molecule has 0 aliphatic heterocycles. The molecule has 0 bridgehead atoms. The summed E-state index contributed by atoms with van der Waals surface area (Å²) in [5.41, 5.74) is 3.51. The van der Waals surface area contributed by atoms with Gasteiger partial charge in [-0.3, -0.25) is 0 Å². The largest absolute Gasteiger partial charge is 0.319 e. The van der Waals surface area contributed by atoms with E-state index in [2.05, 4.69) is 46.6 Å². The fourth-order valence-electron chi connectivity index (χ4n) is 2.07. The van der Waals surface area contributed by atoms with Crippen molar-refractivity contribution < 1.29 is 0 Å². The van der Waals surface area contributed by atoms with Crippen molar-refractivity contribution in [3.05, 3.63) is 45.2 Å². The Bertz CT molecular complexity index is 483. The quantitative estimate of drug-likeness (QED) is 0.898. The molecule has 0 aromatic carbocycles. The van der Waals surface area contributed by atoms with Gasteiger partial charge < -0.3 is 5.32 Å². The first kappa shape index (κ1) is 13.2. The smallest absolute Gasteiger partial charge is 0.134 e. The molecule has 0 aliphatic carbocycles. The van der Waals surface area contributed by atoms with E-state index in [1.165, 1.54) is 10.4 Å². The minimum absolute atomic E-state index is 0.839. The summed E-state index contributed by atoms with van der Waals surface area (Å²) in [7, 11) is 1.97. The van der Waals surface area contributed by atoms with E-state index in [1.54, 1.807) is 11.3 Å². The SMILES string of the molecule is CNCCc1c(C)nc(Cc2cccs2)nc1C. The Morgan fingerprint density at radius 1 is 1.22 bits per heavy atom.